The van der Waals surface area contributed by atoms with E-state index in [4.69, 9.17) is 5.73 Å². The quantitative estimate of drug-likeness (QED) is 0.727. The number of nitrogens with two attached hydrogens (primary N) is 1. The second-order valence-corrected chi connectivity index (χ2v) is 4.16. The van der Waals surface area contributed by atoms with Crippen molar-refractivity contribution in [3.05, 3.63) is 11.6 Å². The van der Waals surface area contributed by atoms with Crippen LogP contribution < -0.4 is 11.1 Å². The Kier molecular flexibility index (Phi) is 4.27. The highest BCUT2D eigenvalue weighted by Crippen LogP contribution is 2.37. The third-order valence-electron chi connectivity index (χ3n) is 3.18. The molecule has 5 nitrogen and oxygen atoms in total. The van der Waals surface area contributed by atoms with Crippen molar-refractivity contribution in [2.75, 3.05) is 0 Å². The van der Waals surface area contributed by atoms with Crippen molar-refractivity contribution in [1.29, 1.82) is 5.26 Å². The molecule has 1 unspecified atom stereocenters. The second-order valence-electron chi connectivity index (χ2n) is 4.16. The van der Waals surface area contributed by atoms with Gasteiger partial charge in [-0.3, -0.25) is 10.1 Å². The number of urea groups is 1. The first-order valence-electron chi connectivity index (χ1n) is 5.78. The molecule has 3 amide bonds. The van der Waals surface area contributed by atoms with Gasteiger partial charge in [0.15, 0.2) is 5.41 Å². The van der Waals surface area contributed by atoms with E-state index >= 15 is 0 Å². The van der Waals surface area contributed by atoms with E-state index in [-0.39, 0.29) is 0 Å². The van der Waals surface area contributed by atoms with Crippen molar-refractivity contribution in [2.45, 2.75) is 39.0 Å². The third-order valence-corrected chi connectivity index (χ3v) is 3.18. The standard InChI is InChI=1S/C12H17N3O2/c1-2-12(8-13,10(16)15-11(14)17)9-6-4-3-5-7-9/h6H,2-5,7H2,1H3,(H3,14,15,16,17). The van der Waals surface area contributed by atoms with Crippen molar-refractivity contribution >= 4 is 11.9 Å². The lowest BCUT2D eigenvalue weighted by Crippen LogP contribution is -2.46. The van der Waals surface area contributed by atoms with Crippen molar-refractivity contribution in [3.8, 4) is 6.07 Å². The van der Waals surface area contributed by atoms with E-state index in [9.17, 15) is 14.9 Å². The van der Waals surface area contributed by atoms with Crippen LogP contribution in [-0.2, 0) is 4.79 Å². The lowest BCUT2D eigenvalue weighted by molar-refractivity contribution is -0.125. The van der Waals surface area contributed by atoms with E-state index in [0.29, 0.717) is 6.42 Å². The SMILES string of the molecule is CCC(C#N)(C(=O)NC(N)=O)C1=CCCCC1. The van der Waals surface area contributed by atoms with Gasteiger partial charge in [-0.2, -0.15) is 5.26 Å². The number of imide groups is 1. The molecular formula is C12H17N3O2. The van der Waals surface area contributed by atoms with E-state index in [1.165, 1.54) is 0 Å². The number of hydrogen-bond donors (Lipinski definition) is 2. The maximum Gasteiger partial charge on any atom is 0.318 e. The summed E-state index contributed by atoms with van der Waals surface area (Å²) in [6.45, 7) is 1.76. The predicted octanol–water partition coefficient (Wildman–Crippen LogP) is 1.60. The summed E-state index contributed by atoms with van der Waals surface area (Å²) in [5, 5.41) is 11.3. The maximum absolute atomic E-state index is 12.0. The molecule has 0 fully saturated rings. The number of nitrogens with one attached hydrogen (secondary N) is 1. The average Bonchev–Trinajstić information content (AvgIpc) is 2.32. The molecule has 0 radical (unpaired) electrons. The van der Waals surface area contributed by atoms with Gasteiger partial charge in [0.2, 0.25) is 0 Å². The van der Waals surface area contributed by atoms with Crippen LogP contribution in [-0.4, -0.2) is 11.9 Å². The summed E-state index contributed by atoms with van der Waals surface area (Å²) in [5.41, 5.74) is 4.50. The number of nitriles is 1. The van der Waals surface area contributed by atoms with Gasteiger partial charge in [0, 0.05) is 0 Å². The van der Waals surface area contributed by atoms with E-state index in [0.717, 1.165) is 31.3 Å². The van der Waals surface area contributed by atoms with Crippen molar-refractivity contribution in [3.63, 3.8) is 0 Å². The molecule has 0 aromatic heterocycles. The smallest absolute Gasteiger partial charge is 0.318 e. The average molecular weight is 235 g/mol. The van der Waals surface area contributed by atoms with Crippen LogP contribution in [0, 0.1) is 16.7 Å². The first-order chi connectivity index (χ1) is 8.06. The molecule has 3 N–H and O–H groups in total. The number of rotatable bonds is 3. The minimum Gasteiger partial charge on any atom is -0.351 e. The van der Waals surface area contributed by atoms with Gasteiger partial charge in [-0.1, -0.05) is 13.0 Å². The Labute approximate surface area is 101 Å². The van der Waals surface area contributed by atoms with E-state index < -0.39 is 17.4 Å². The number of primary amides is 1. The van der Waals surface area contributed by atoms with Crippen LogP contribution >= 0.6 is 0 Å². The molecule has 0 aromatic rings. The van der Waals surface area contributed by atoms with Crippen molar-refractivity contribution < 1.29 is 9.59 Å². The Bertz CT molecular complexity index is 395. The zero-order valence-electron chi connectivity index (χ0n) is 9.95. The summed E-state index contributed by atoms with van der Waals surface area (Å²) in [5.74, 6) is -0.608. The fourth-order valence-electron chi connectivity index (χ4n) is 2.18. The van der Waals surface area contributed by atoms with Crippen molar-refractivity contribution in [2.24, 2.45) is 11.1 Å². The molecule has 0 bridgehead atoms. The molecule has 92 valence electrons. The first kappa shape index (κ1) is 13.2. The highest BCUT2D eigenvalue weighted by atomic mass is 16.2. The van der Waals surface area contributed by atoms with Gasteiger partial charge in [0.05, 0.1) is 6.07 Å². The monoisotopic (exact) mass is 235 g/mol. The highest BCUT2D eigenvalue weighted by Gasteiger charge is 2.41. The number of carbonyl (C=O) groups excluding carboxylic acids is 2. The van der Waals surface area contributed by atoms with Gasteiger partial charge in [-0.05, 0) is 37.7 Å². The largest absolute Gasteiger partial charge is 0.351 e. The molecule has 5 heteroatoms. The van der Waals surface area contributed by atoms with Crippen LogP contribution in [0.4, 0.5) is 4.79 Å². The molecule has 0 aromatic carbocycles. The summed E-state index contributed by atoms with van der Waals surface area (Å²) in [4.78, 5) is 22.7. The fraction of sp³-hybridized carbons (Fsp3) is 0.583. The molecule has 1 atom stereocenters. The van der Waals surface area contributed by atoms with Crippen molar-refractivity contribution in [1.82, 2.24) is 5.32 Å². The molecule has 0 saturated carbocycles. The van der Waals surface area contributed by atoms with Gasteiger partial charge in [0.25, 0.3) is 5.91 Å². The third kappa shape index (κ3) is 2.64. The van der Waals surface area contributed by atoms with Gasteiger partial charge < -0.3 is 5.73 Å². The Morgan fingerprint density at radius 3 is 2.71 bits per heavy atom. The normalized spacial score (nSPS) is 18.5. The molecule has 1 aliphatic rings. The minimum absolute atomic E-state index is 0.342. The van der Waals surface area contributed by atoms with Crippen LogP contribution in [0.3, 0.4) is 0 Å². The summed E-state index contributed by atoms with van der Waals surface area (Å²) in [6, 6.07) is 1.13. The molecule has 17 heavy (non-hydrogen) atoms. The number of carbonyl (C=O) groups is 2. The lowest BCUT2D eigenvalue weighted by Gasteiger charge is -2.28. The fourth-order valence-corrected chi connectivity index (χ4v) is 2.18. The lowest BCUT2D eigenvalue weighted by atomic mass is 9.74. The molecule has 0 heterocycles. The Balaban J connectivity index is 3.04. The number of amides is 3. The first-order valence-corrected chi connectivity index (χ1v) is 5.78. The molecule has 0 saturated heterocycles. The highest BCUT2D eigenvalue weighted by molar-refractivity contribution is 5.99. The van der Waals surface area contributed by atoms with Crippen LogP contribution in [0.5, 0.6) is 0 Å². The van der Waals surface area contributed by atoms with E-state index in [2.05, 4.69) is 6.07 Å². The van der Waals surface area contributed by atoms with E-state index in [1.807, 2.05) is 11.4 Å². The summed E-state index contributed by atoms with van der Waals surface area (Å²) in [7, 11) is 0. The van der Waals surface area contributed by atoms with Crippen LogP contribution in [0.1, 0.15) is 39.0 Å². The second kappa shape index (κ2) is 5.48. The minimum atomic E-state index is -1.24. The zero-order chi connectivity index (χ0) is 12.9. The van der Waals surface area contributed by atoms with E-state index in [1.54, 1.807) is 6.92 Å². The predicted molar refractivity (Wildman–Crippen MR) is 62.6 cm³/mol. The van der Waals surface area contributed by atoms with Crippen LogP contribution in [0.25, 0.3) is 0 Å². The molecule has 0 aliphatic heterocycles. The number of allylic oxidation sites excluding steroid dienone is 1. The Morgan fingerprint density at radius 1 is 1.59 bits per heavy atom. The van der Waals surface area contributed by atoms with Gasteiger partial charge in [0.1, 0.15) is 0 Å². The molecular weight excluding hydrogens is 218 g/mol. The van der Waals surface area contributed by atoms with Gasteiger partial charge >= 0.3 is 6.03 Å². The molecule has 1 aliphatic carbocycles. The molecule has 1 rings (SSSR count). The zero-order valence-corrected chi connectivity index (χ0v) is 9.95. The van der Waals surface area contributed by atoms with Gasteiger partial charge in [-0.25, -0.2) is 4.79 Å². The summed E-state index contributed by atoms with van der Waals surface area (Å²) in [6.07, 6.45) is 5.94. The summed E-state index contributed by atoms with van der Waals surface area (Å²) >= 11 is 0. The number of nitrogens with zero attached hydrogens (tertiary/aromatic N) is 1. The maximum atomic E-state index is 12.0. The molecule has 0 spiro atoms. The number of hydrogen-bond acceptors (Lipinski definition) is 3. The topological polar surface area (TPSA) is 96.0 Å². The van der Waals surface area contributed by atoms with Crippen LogP contribution in [0.15, 0.2) is 11.6 Å². The van der Waals surface area contributed by atoms with Gasteiger partial charge in [-0.15, -0.1) is 0 Å². The van der Waals surface area contributed by atoms with Crippen LogP contribution in [0.2, 0.25) is 0 Å². The Morgan fingerprint density at radius 2 is 2.29 bits per heavy atom. The summed E-state index contributed by atoms with van der Waals surface area (Å²) < 4.78 is 0. The Hall–Kier alpha value is -1.83.